The third-order valence-electron chi connectivity index (χ3n) is 6.25. The van der Waals surface area contributed by atoms with Crippen LogP contribution in [0.5, 0.6) is 23.0 Å². The van der Waals surface area contributed by atoms with Crippen LogP contribution in [0, 0.1) is 0 Å². The highest BCUT2D eigenvalue weighted by molar-refractivity contribution is 5.93. The third-order valence-corrected chi connectivity index (χ3v) is 6.25. The minimum atomic E-state index is -1.32. The molecule has 0 saturated heterocycles. The molecule has 0 aliphatic heterocycles. The lowest BCUT2D eigenvalue weighted by molar-refractivity contribution is -0.152. The number of carboxylic acids is 1. The molecule has 0 bridgehead atoms. The van der Waals surface area contributed by atoms with Crippen molar-refractivity contribution in [2.75, 3.05) is 39.7 Å². The van der Waals surface area contributed by atoms with Crippen LogP contribution in [0.4, 0.5) is 10.5 Å². The van der Waals surface area contributed by atoms with E-state index in [1.165, 1.54) is 34.5 Å². The van der Waals surface area contributed by atoms with Crippen LogP contribution < -0.4 is 24.3 Å². The van der Waals surface area contributed by atoms with Gasteiger partial charge in [-0.05, 0) is 44.4 Å². The summed E-state index contributed by atoms with van der Waals surface area (Å²) in [5.41, 5.74) is 0.130. The second kappa shape index (κ2) is 15.0. The summed E-state index contributed by atoms with van der Waals surface area (Å²) in [5.74, 6) is 0.885. The fourth-order valence-electron chi connectivity index (χ4n) is 3.86. The predicted octanol–water partition coefficient (Wildman–Crippen LogP) is 6.00. The quantitative estimate of drug-likeness (QED) is 0.256. The second-order valence-electron chi connectivity index (χ2n) is 9.55. The first-order valence-electron chi connectivity index (χ1n) is 13.0. The van der Waals surface area contributed by atoms with Gasteiger partial charge in [-0.2, -0.15) is 0 Å². The number of methoxy groups -OCH3 is 3. The molecule has 2 aromatic rings. The minimum absolute atomic E-state index is 0.245. The average Bonchev–Trinajstić information content (AvgIpc) is 2.90. The molecule has 0 heterocycles. The van der Waals surface area contributed by atoms with E-state index in [9.17, 15) is 14.7 Å². The number of nitrogens with zero attached hydrogens (tertiary/aromatic N) is 1. The molecule has 38 heavy (non-hydrogen) atoms. The maximum absolute atomic E-state index is 13.4. The monoisotopic (exact) mass is 530 g/mol. The number of carboxylic acid groups (broad SMARTS) is 1. The van der Waals surface area contributed by atoms with E-state index in [1.54, 1.807) is 36.3 Å². The van der Waals surface area contributed by atoms with E-state index >= 15 is 0 Å². The van der Waals surface area contributed by atoms with Crippen molar-refractivity contribution in [2.24, 2.45) is 0 Å². The van der Waals surface area contributed by atoms with Gasteiger partial charge in [-0.1, -0.05) is 44.7 Å². The smallest absolute Gasteiger partial charge is 0.347 e. The van der Waals surface area contributed by atoms with Gasteiger partial charge in [0.2, 0.25) is 0 Å². The van der Waals surface area contributed by atoms with Gasteiger partial charge in [0.05, 0.1) is 21.3 Å². The molecule has 2 N–H and O–H groups in total. The summed E-state index contributed by atoms with van der Waals surface area (Å²) in [6, 6.07) is 10.4. The Morgan fingerprint density at radius 1 is 0.868 bits per heavy atom. The Labute approximate surface area is 226 Å². The molecule has 0 fully saturated rings. The maximum Gasteiger partial charge on any atom is 0.347 e. The Hall–Kier alpha value is -3.62. The van der Waals surface area contributed by atoms with Crippen LogP contribution in [-0.2, 0) is 11.2 Å². The van der Waals surface area contributed by atoms with Crippen molar-refractivity contribution in [2.45, 2.75) is 64.9 Å². The van der Waals surface area contributed by atoms with Crippen LogP contribution in [0.3, 0.4) is 0 Å². The Morgan fingerprint density at radius 2 is 1.47 bits per heavy atom. The van der Waals surface area contributed by atoms with Gasteiger partial charge in [-0.3, -0.25) is 0 Å². The van der Waals surface area contributed by atoms with Crippen molar-refractivity contribution >= 4 is 17.7 Å². The molecule has 9 heteroatoms. The zero-order valence-corrected chi connectivity index (χ0v) is 23.5. The number of rotatable bonds is 16. The van der Waals surface area contributed by atoms with Crippen LogP contribution in [-0.4, -0.2) is 62.0 Å². The molecule has 0 radical (unpaired) electrons. The zero-order chi connectivity index (χ0) is 28.1. The van der Waals surface area contributed by atoms with Gasteiger partial charge in [0.15, 0.2) is 5.60 Å². The highest BCUT2D eigenvalue weighted by Gasteiger charge is 2.29. The number of benzene rings is 2. The van der Waals surface area contributed by atoms with Gasteiger partial charge in [0.1, 0.15) is 28.7 Å². The van der Waals surface area contributed by atoms with E-state index in [1.807, 2.05) is 12.1 Å². The van der Waals surface area contributed by atoms with Crippen LogP contribution in [0.15, 0.2) is 36.4 Å². The zero-order valence-electron chi connectivity index (χ0n) is 23.5. The number of aliphatic carboxylic acids is 1. The van der Waals surface area contributed by atoms with Crippen molar-refractivity contribution in [1.29, 1.82) is 0 Å². The number of anilines is 1. The summed E-state index contributed by atoms with van der Waals surface area (Å²) in [5, 5.41) is 12.3. The van der Waals surface area contributed by atoms with Gasteiger partial charge in [-0.15, -0.1) is 0 Å². The van der Waals surface area contributed by atoms with E-state index in [2.05, 4.69) is 12.2 Å². The number of hydrogen-bond donors (Lipinski definition) is 2. The summed E-state index contributed by atoms with van der Waals surface area (Å²) in [7, 11) is 4.61. The number of carbonyl (C=O) groups excluding carboxylic acids is 1. The first-order chi connectivity index (χ1) is 18.1. The number of unbranched alkanes of at least 4 members (excludes halogenated alkanes) is 4. The van der Waals surface area contributed by atoms with Crippen LogP contribution in [0.2, 0.25) is 0 Å². The molecule has 210 valence electrons. The highest BCUT2D eigenvalue weighted by Crippen LogP contribution is 2.39. The van der Waals surface area contributed by atoms with E-state index < -0.39 is 11.6 Å². The van der Waals surface area contributed by atoms with E-state index in [0.717, 1.165) is 31.2 Å². The first kappa shape index (κ1) is 30.6. The van der Waals surface area contributed by atoms with Gasteiger partial charge in [-0.25, -0.2) is 9.59 Å². The number of nitrogens with one attached hydrogen (secondary N) is 1. The lowest BCUT2D eigenvalue weighted by atomic mass is 10.1. The summed E-state index contributed by atoms with van der Waals surface area (Å²) in [6.07, 6.45) is 6.06. The molecule has 2 aromatic carbocycles. The normalized spacial score (nSPS) is 11.0. The number of amides is 2. The van der Waals surface area contributed by atoms with Gasteiger partial charge >= 0.3 is 12.0 Å². The predicted molar refractivity (Wildman–Crippen MR) is 148 cm³/mol. The Bertz CT molecular complexity index is 1010. The van der Waals surface area contributed by atoms with Crippen LogP contribution in [0.25, 0.3) is 0 Å². The van der Waals surface area contributed by atoms with E-state index in [-0.39, 0.29) is 6.03 Å². The number of hydrogen-bond acceptors (Lipinski definition) is 6. The minimum Gasteiger partial charge on any atom is -0.496 e. The third kappa shape index (κ3) is 9.04. The molecule has 0 saturated carbocycles. The number of urea groups is 1. The molecule has 9 nitrogen and oxygen atoms in total. The topological polar surface area (TPSA) is 107 Å². The molecule has 2 rings (SSSR count). The van der Waals surface area contributed by atoms with Crippen molar-refractivity contribution in [3.63, 3.8) is 0 Å². The molecular formula is C29H42N2O7. The van der Waals surface area contributed by atoms with E-state index in [4.69, 9.17) is 18.9 Å². The first-order valence-corrected chi connectivity index (χ1v) is 13.0. The van der Waals surface area contributed by atoms with Gasteiger partial charge in [0.25, 0.3) is 0 Å². The molecule has 0 spiro atoms. The standard InChI is InChI=1S/C29H42N2O7/c1-7-8-9-10-11-17-31(18-16-21-12-14-22(15-13-21)38-29(2,3)27(32)33)28(34)30-26-24(36-5)19-23(35-4)20-25(26)37-6/h12-15,19-20H,7-11,16-18H2,1-6H3,(H,30,34)(H,32,33). The molecule has 2 amide bonds. The van der Waals surface area contributed by atoms with Gasteiger partial charge in [0, 0.05) is 25.2 Å². The number of ether oxygens (including phenoxy) is 4. The Balaban J connectivity index is 2.14. The van der Waals surface area contributed by atoms with Crippen LogP contribution >= 0.6 is 0 Å². The second-order valence-corrected chi connectivity index (χ2v) is 9.55. The van der Waals surface area contributed by atoms with E-state index in [0.29, 0.717) is 48.2 Å². The van der Waals surface area contributed by atoms with Crippen LogP contribution in [0.1, 0.15) is 58.4 Å². The SMILES string of the molecule is CCCCCCCN(CCc1ccc(OC(C)(C)C(=O)O)cc1)C(=O)Nc1c(OC)cc(OC)cc1OC. The molecule has 0 aromatic heterocycles. The Morgan fingerprint density at radius 3 is 2.00 bits per heavy atom. The number of carbonyl (C=O) groups is 2. The lowest BCUT2D eigenvalue weighted by Gasteiger charge is -2.25. The van der Waals surface area contributed by atoms with Crippen molar-refractivity contribution < 1.29 is 33.6 Å². The summed E-state index contributed by atoms with van der Waals surface area (Å²) >= 11 is 0. The fourth-order valence-corrected chi connectivity index (χ4v) is 3.86. The molecular weight excluding hydrogens is 488 g/mol. The lowest BCUT2D eigenvalue weighted by Crippen LogP contribution is -2.38. The average molecular weight is 531 g/mol. The summed E-state index contributed by atoms with van der Waals surface area (Å²) in [6.45, 7) is 6.31. The van der Waals surface area contributed by atoms with Crippen molar-refractivity contribution in [3.8, 4) is 23.0 Å². The van der Waals surface area contributed by atoms with Crippen molar-refractivity contribution in [3.05, 3.63) is 42.0 Å². The molecule has 0 aliphatic rings. The molecule has 0 unspecified atom stereocenters. The molecule has 0 aliphatic carbocycles. The highest BCUT2D eigenvalue weighted by atomic mass is 16.5. The largest absolute Gasteiger partial charge is 0.496 e. The maximum atomic E-state index is 13.4. The summed E-state index contributed by atoms with van der Waals surface area (Å²) in [4.78, 5) is 26.5. The fraction of sp³-hybridized carbons (Fsp3) is 0.517. The van der Waals surface area contributed by atoms with Crippen molar-refractivity contribution in [1.82, 2.24) is 4.90 Å². The van der Waals surface area contributed by atoms with Gasteiger partial charge < -0.3 is 34.3 Å². The Kier molecular flexibility index (Phi) is 12.0. The molecule has 0 atom stereocenters. The summed E-state index contributed by atoms with van der Waals surface area (Å²) < 4.78 is 21.9.